The maximum Gasteiger partial charge on any atom is 0.188 e. The summed E-state index contributed by atoms with van der Waals surface area (Å²) in [6, 6.07) is 18.2. The van der Waals surface area contributed by atoms with Gasteiger partial charge in [0.1, 0.15) is 12.4 Å². The smallest absolute Gasteiger partial charge is 0.188 e. The molecule has 124 valence electrons. The number of ether oxygens (including phenoxy) is 1. The Bertz CT molecular complexity index is 602. The van der Waals surface area contributed by atoms with Gasteiger partial charge in [0.05, 0.1) is 6.54 Å². The zero-order valence-electron chi connectivity index (χ0n) is 13.4. The van der Waals surface area contributed by atoms with E-state index in [2.05, 4.69) is 22.4 Å². The normalized spacial score (nSPS) is 10.7. The van der Waals surface area contributed by atoms with Crippen LogP contribution >= 0.6 is 24.0 Å². The molecule has 3 N–H and O–H groups in total. The molecule has 0 atom stereocenters. The van der Waals surface area contributed by atoms with Crippen LogP contribution in [-0.4, -0.2) is 25.7 Å². The molecule has 0 bridgehead atoms. The minimum atomic E-state index is 0. The minimum Gasteiger partial charge on any atom is -0.491 e. The number of nitrogens with zero attached hydrogens (tertiary/aromatic N) is 1. The van der Waals surface area contributed by atoms with Crippen molar-refractivity contribution in [2.75, 3.05) is 19.7 Å². The van der Waals surface area contributed by atoms with Crippen molar-refractivity contribution in [3.63, 3.8) is 0 Å². The van der Waals surface area contributed by atoms with Gasteiger partial charge in [-0.25, -0.2) is 0 Å². The number of rotatable bonds is 7. The van der Waals surface area contributed by atoms with Gasteiger partial charge in [0.25, 0.3) is 0 Å². The van der Waals surface area contributed by atoms with E-state index in [0.29, 0.717) is 25.7 Å². The number of nitrogens with two attached hydrogens (primary N) is 1. The van der Waals surface area contributed by atoms with E-state index < -0.39 is 0 Å². The van der Waals surface area contributed by atoms with E-state index in [1.807, 2.05) is 49.4 Å². The van der Waals surface area contributed by atoms with Gasteiger partial charge in [-0.15, -0.1) is 24.0 Å². The molecule has 0 aliphatic carbocycles. The largest absolute Gasteiger partial charge is 0.491 e. The van der Waals surface area contributed by atoms with Crippen molar-refractivity contribution in [2.45, 2.75) is 13.3 Å². The molecule has 0 fully saturated rings. The first-order valence-corrected chi connectivity index (χ1v) is 7.52. The molecule has 0 aliphatic rings. The van der Waals surface area contributed by atoms with Gasteiger partial charge in [0.2, 0.25) is 0 Å². The SMILES string of the molecule is Cc1ccccc1OCCNC(N)=NCCc1ccccc1.I. The van der Waals surface area contributed by atoms with Crippen molar-refractivity contribution in [3.05, 3.63) is 65.7 Å². The number of nitrogens with one attached hydrogen (secondary N) is 1. The van der Waals surface area contributed by atoms with Gasteiger partial charge in [0, 0.05) is 6.54 Å². The molecular formula is C18H24IN3O. The van der Waals surface area contributed by atoms with E-state index in [-0.39, 0.29) is 24.0 Å². The lowest BCUT2D eigenvalue weighted by Gasteiger charge is -2.10. The van der Waals surface area contributed by atoms with Gasteiger partial charge in [-0.2, -0.15) is 0 Å². The summed E-state index contributed by atoms with van der Waals surface area (Å²) < 4.78 is 5.69. The van der Waals surface area contributed by atoms with Crippen LogP contribution in [0, 0.1) is 6.92 Å². The van der Waals surface area contributed by atoms with Gasteiger partial charge in [-0.3, -0.25) is 4.99 Å². The van der Waals surface area contributed by atoms with Gasteiger partial charge >= 0.3 is 0 Å². The van der Waals surface area contributed by atoms with Crippen molar-refractivity contribution < 1.29 is 4.74 Å². The Balaban J connectivity index is 0.00000264. The Kier molecular flexibility index (Phi) is 9.12. The summed E-state index contributed by atoms with van der Waals surface area (Å²) in [6.45, 7) is 3.90. The average molecular weight is 425 g/mol. The molecule has 2 aromatic rings. The lowest BCUT2D eigenvalue weighted by molar-refractivity contribution is 0.320. The van der Waals surface area contributed by atoms with Crippen LogP contribution in [-0.2, 0) is 6.42 Å². The fourth-order valence-electron chi connectivity index (χ4n) is 2.06. The van der Waals surface area contributed by atoms with Crippen LogP contribution in [0.5, 0.6) is 5.75 Å². The van der Waals surface area contributed by atoms with Crippen molar-refractivity contribution in [3.8, 4) is 5.75 Å². The molecule has 0 unspecified atom stereocenters. The molecule has 4 nitrogen and oxygen atoms in total. The van der Waals surface area contributed by atoms with Crippen LogP contribution in [0.15, 0.2) is 59.6 Å². The molecule has 0 spiro atoms. The lowest BCUT2D eigenvalue weighted by atomic mass is 10.2. The molecule has 0 aliphatic heterocycles. The van der Waals surface area contributed by atoms with Gasteiger partial charge in [0.15, 0.2) is 5.96 Å². The second-order valence-electron chi connectivity index (χ2n) is 5.04. The highest BCUT2D eigenvalue weighted by Crippen LogP contribution is 2.15. The number of para-hydroxylation sites is 1. The van der Waals surface area contributed by atoms with E-state index in [4.69, 9.17) is 10.5 Å². The summed E-state index contributed by atoms with van der Waals surface area (Å²) in [7, 11) is 0. The van der Waals surface area contributed by atoms with Gasteiger partial charge in [-0.1, -0.05) is 48.5 Å². The zero-order chi connectivity index (χ0) is 15.6. The van der Waals surface area contributed by atoms with Crippen LogP contribution < -0.4 is 15.8 Å². The van der Waals surface area contributed by atoms with Gasteiger partial charge in [-0.05, 0) is 30.5 Å². The predicted molar refractivity (Wildman–Crippen MR) is 107 cm³/mol. The lowest BCUT2D eigenvalue weighted by Crippen LogP contribution is -2.35. The molecule has 5 heteroatoms. The molecule has 2 rings (SSSR count). The number of aryl methyl sites for hydroxylation is 1. The van der Waals surface area contributed by atoms with Crippen molar-refractivity contribution >= 4 is 29.9 Å². The maximum atomic E-state index is 5.83. The second-order valence-corrected chi connectivity index (χ2v) is 5.04. The van der Waals surface area contributed by atoms with E-state index >= 15 is 0 Å². The Morgan fingerprint density at radius 1 is 1.09 bits per heavy atom. The highest BCUT2D eigenvalue weighted by molar-refractivity contribution is 14.0. The molecular weight excluding hydrogens is 401 g/mol. The molecule has 23 heavy (non-hydrogen) atoms. The number of guanidine groups is 1. The molecule has 2 aromatic carbocycles. The topological polar surface area (TPSA) is 59.6 Å². The number of hydrogen-bond acceptors (Lipinski definition) is 2. The molecule has 0 amide bonds. The molecule has 0 saturated heterocycles. The maximum absolute atomic E-state index is 5.83. The first-order chi connectivity index (χ1) is 10.8. The van der Waals surface area contributed by atoms with Crippen LogP contribution in [0.25, 0.3) is 0 Å². The van der Waals surface area contributed by atoms with Crippen molar-refractivity contribution in [1.29, 1.82) is 0 Å². The summed E-state index contributed by atoms with van der Waals surface area (Å²) in [5.41, 5.74) is 8.23. The van der Waals surface area contributed by atoms with Crippen LogP contribution in [0.4, 0.5) is 0 Å². The van der Waals surface area contributed by atoms with Crippen LogP contribution in [0.1, 0.15) is 11.1 Å². The Morgan fingerprint density at radius 3 is 2.52 bits per heavy atom. The number of benzene rings is 2. The third kappa shape index (κ3) is 7.36. The summed E-state index contributed by atoms with van der Waals surface area (Å²) >= 11 is 0. The van der Waals surface area contributed by atoms with E-state index in [0.717, 1.165) is 17.7 Å². The number of hydrogen-bond donors (Lipinski definition) is 2. The first kappa shape index (κ1) is 19.3. The summed E-state index contributed by atoms with van der Waals surface area (Å²) in [5, 5.41) is 3.06. The van der Waals surface area contributed by atoms with E-state index in [9.17, 15) is 0 Å². The number of aliphatic imine (C=N–C) groups is 1. The second kappa shape index (κ2) is 10.9. The predicted octanol–water partition coefficient (Wildman–Crippen LogP) is 3.14. The third-order valence-corrected chi connectivity index (χ3v) is 3.28. The van der Waals surface area contributed by atoms with Gasteiger partial charge < -0.3 is 15.8 Å². The average Bonchev–Trinajstić information content (AvgIpc) is 2.54. The Hall–Kier alpha value is -1.76. The monoisotopic (exact) mass is 425 g/mol. The molecule has 0 aromatic heterocycles. The molecule has 0 radical (unpaired) electrons. The Labute approximate surface area is 155 Å². The summed E-state index contributed by atoms with van der Waals surface area (Å²) in [5.74, 6) is 1.37. The highest BCUT2D eigenvalue weighted by atomic mass is 127. The van der Waals surface area contributed by atoms with Crippen molar-refractivity contribution in [1.82, 2.24) is 5.32 Å². The van der Waals surface area contributed by atoms with E-state index in [1.165, 1.54) is 5.56 Å². The zero-order valence-corrected chi connectivity index (χ0v) is 15.7. The van der Waals surface area contributed by atoms with Crippen LogP contribution in [0.3, 0.4) is 0 Å². The van der Waals surface area contributed by atoms with E-state index in [1.54, 1.807) is 0 Å². The van der Waals surface area contributed by atoms with Crippen LogP contribution in [0.2, 0.25) is 0 Å². The summed E-state index contributed by atoms with van der Waals surface area (Å²) in [6.07, 6.45) is 0.892. The first-order valence-electron chi connectivity index (χ1n) is 7.52. The minimum absolute atomic E-state index is 0. The van der Waals surface area contributed by atoms with Crippen molar-refractivity contribution in [2.24, 2.45) is 10.7 Å². The fourth-order valence-corrected chi connectivity index (χ4v) is 2.06. The highest BCUT2D eigenvalue weighted by Gasteiger charge is 1.97. The molecule has 0 saturated carbocycles. The Morgan fingerprint density at radius 2 is 1.78 bits per heavy atom. The quantitative estimate of drug-likeness (QED) is 0.310. The fraction of sp³-hybridized carbons (Fsp3) is 0.278. The molecule has 0 heterocycles. The summed E-state index contributed by atoms with van der Waals surface area (Å²) in [4.78, 5) is 4.31. The number of halogens is 1. The third-order valence-electron chi connectivity index (χ3n) is 3.28. The standard InChI is InChI=1S/C18H23N3O.HI/c1-15-7-5-6-10-17(15)22-14-13-21-18(19)20-12-11-16-8-3-2-4-9-16;/h2-10H,11-14H2,1H3,(H3,19,20,21);1H.